The lowest BCUT2D eigenvalue weighted by molar-refractivity contribution is 0.0633. The first-order valence-corrected chi connectivity index (χ1v) is 11.5. The average Bonchev–Trinajstić information content (AvgIpc) is 2.66. The van der Waals surface area contributed by atoms with Gasteiger partial charge in [0.1, 0.15) is 11.5 Å². The van der Waals surface area contributed by atoms with Gasteiger partial charge in [0.25, 0.3) is 0 Å². The van der Waals surface area contributed by atoms with Crippen LogP contribution in [0.1, 0.15) is 74.9 Å². The minimum atomic E-state index is -0.0823. The molecule has 0 unspecified atom stereocenters. The zero-order valence-corrected chi connectivity index (χ0v) is 21.4. The largest absolute Gasteiger partial charge is 0.493 e. The Hall–Kier alpha value is -2.00. The fraction of sp³-hybridized carbons (Fsp3) is 0.571. The molecule has 172 valence electrons. The van der Waals surface area contributed by atoms with Gasteiger partial charge < -0.3 is 14.2 Å². The fourth-order valence-electron chi connectivity index (χ4n) is 4.15. The van der Waals surface area contributed by atoms with Crippen LogP contribution in [-0.2, 0) is 15.6 Å². The predicted molar refractivity (Wildman–Crippen MR) is 131 cm³/mol. The number of hydrogen-bond donors (Lipinski definition) is 0. The quantitative estimate of drug-likeness (QED) is 0.410. The van der Waals surface area contributed by atoms with Crippen LogP contribution in [-0.4, -0.2) is 26.4 Å². The van der Waals surface area contributed by atoms with Crippen LogP contribution in [0.3, 0.4) is 0 Å². The first kappa shape index (κ1) is 25.3. The summed E-state index contributed by atoms with van der Waals surface area (Å²) in [6.07, 6.45) is 0. The summed E-state index contributed by atoms with van der Waals surface area (Å²) >= 11 is 0. The van der Waals surface area contributed by atoms with Crippen LogP contribution in [0.15, 0.2) is 24.3 Å². The number of hydrogen-bond acceptors (Lipinski definition) is 3. The lowest BCUT2D eigenvalue weighted by atomic mass is 9.82. The monoisotopic (exact) mass is 426 g/mol. The van der Waals surface area contributed by atoms with Crippen molar-refractivity contribution in [2.75, 3.05) is 26.4 Å². The standard InChI is InChI=1S/C28H42O3/c1-11-30-25-19(3)13-23(14-20(25)4)27(7,8)17-29-18-28(9,10)24-15-21(5)26(31-12-2)22(6)16-24/h13-16H,11-12,17-18H2,1-10H3. The molecule has 0 N–H and O–H groups in total. The molecule has 0 spiro atoms. The van der Waals surface area contributed by atoms with Crippen molar-refractivity contribution in [2.45, 2.75) is 80.1 Å². The smallest absolute Gasteiger partial charge is 0.125 e. The summed E-state index contributed by atoms with van der Waals surface area (Å²) in [4.78, 5) is 0. The van der Waals surface area contributed by atoms with Crippen molar-refractivity contribution in [1.82, 2.24) is 0 Å². The van der Waals surface area contributed by atoms with Crippen molar-refractivity contribution in [2.24, 2.45) is 0 Å². The number of rotatable bonds is 10. The summed E-state index contributed by atoms with van der Waals surface area (Å²) < 4.78 is 17.9. The lowest BCUT2D eigenvalue weighted by Crippen LogP contribution is -2.30. The third-order valence-corrected chi connectivity index (χ3v) is 5.99. The first-order chi connectivity index (χ1) is 14.4. The first-order valence-electron chi connectivity index (χ1n) is 11.5. The Kier molecular flexibility index (Phi) is 8.21. The van der Waals surface area contributed by atoms with Gasteiger partial charge in [0, 0.05) is 10.8 Å². The van der Waals surface area contributed by atoms with E-state index >= 15 is 0 Å². The topological polar surface area (TPSA) is 27.7 Å². The molecule has 0 fully saturated rings. The van der Waals surface area contributed by atoms with Crippen LogP contribution in [0.5, 0.6) is 11.5 Å². The second kappa shape index (κ2) is 10.1. The maximum Gasteiger partial charge on any atom is 0.125 e. The molecule has 31 heavy (non-hydrogen) atoms. The normalized spacial score (nSPS) is 12.2. The highest BCUT2D eigenvalue weighted by Crippen LogP contribution is 2.34. The van der Waals surface area contributed by atoms with E-state index in [0.29, 0.717) is 26.4 Å². The molecule has 2 aromatic rings. The molecule has 2 rings (SSSR count). The van der Waals surface area contributed by atoms with Gasteiger partial charge in [-0.05, 0) is 74.9 Å². The highest BCUT2D eigenvalue weighted by molar-refractivity contribution is 5.46. The number of benzene rings is 2. The Labute approximate surface area is 190 Å². The molecular formula is C28H42O3. The molecule has 0 saturated carbocycles. The third-order valence-electron chi connectivity index (χ3n) is 5.99. The van der Waals surface area contributed by atoms with E-state index in [-0.39, 0.29) is 10.8 Å². The Morgan fingerprint density at radius 2 is 0.871 bits per heavy atom. The molecule has 2 aromatic carbocycles. The molecule has 0 aliphatic heterocycles. The SMILES string of the molecule is CCOc1c(C)cc(C(C)(C)COCC(C)(C)c2cc(C)c(OCC)c(C)c2)cc1C. The van der Waals surface area contributed by atoms with Crippen LogP contribution in [0.25, 0.3) is 0 Å². The van der Waals surface area contributed by atoms with Gasteiger partial charge in [0.05, 0.1) is 26.4 Å². The van der Waals surface area contributed by atoms with E-state index in [1.807, 2.05) is 13.8 Å². The van der Waals surface area contributed by atoms with E-state index in [9.17, 15) is 0 Å². The zero-order valence-electron chi connectivity index (χ0n) is 21.4. The third kappa shape index (κ3) is 6.04. The molecular weight excluding hydrogens is 384 g/mol. The molecule has 0 heterocycles. The maximum absolute atomic E-state index is 6.32. The maximum atomic E-state index is 6.32. The van der Waals surface area contributed by atoms with E-state index in [2.05, 4.69) is 79.7 Å². The highest BCUT2D eigenvalue weighted by atomic mass is 16.5. The zero-order chi connectivity index (χ0) is 23.4. The van der Waals surface area contributed by atoms with E-state index in [4.69, 9.17) is 14.2 Å². The fourth-order valence-corrected chi connectivity index (χ4v) is 4.15. The Balaban J connectivity index is 2.12. The van der Waals surface area contributed by atoms with Crippen molar-refractivity contribution in [3.8, 4) is 11.5 Å². The summed E-state index contributed by atoms with van der Waals surface area (Å²) in [5.41, 5.74) is 7.16. The second-order valence-corrected chi connectivity index (χ2v) is 10.0. The van der Waals surface area contributed by atoms with Crippen molar-refractivity contribution in [1.29, 1.82) is 0 Å². The van der Waals surface area contributed by atoms with Gasteiger partial charge in [-0.2, -0.15) is 0 Å². The van der Waals surface area contributed by atoms with E-state index in [1.165, 1.54) is 33.4 Å². The van der Waals surface area contributed by atoms with Crippen molar-refractivity contribution in [3.05, 3.63) is 57.6 Å². The van der Waals surface area contributed by atoms with Crippen LogP contribution < -0.4 is 9.47 Å². The molecule has 3 nitrogen and oxygen atoms in total. The molecule has 0 radical (unpaired) electrons. The van der Waals surface area contributed by atoms with Gasteiger partial charge >= 0.3 is 0 Å². The lowest BCUT2D eigenvalue weighted by Gasteiger charge is -2.31. The second-order valence-electron chi connectivity index (χ2n) is 10.0. The van der Waals surface area contributed by atoms with Crippen LogP contribution in [0, 0.1) is 27.7 Å². The van der Waals surface area contributed by atoms with E-state index in [1.54, 1.807) is 0 Å². The van der Waals surface area contributed by atoms with Gasteiger partial charge in [0.15, 0.2) is 0 Å². The molecule has 0 aromatic heterocycles. The highest BCUT2D eigenvalue weighted by Gasteiger charge is 2.27. The molecule has 0 aliphatic carbocycles. The summed E-state index contributed by atoms with van der Waals surface area (Å²) in [5.74, 6) is 2.01. The van der Waals surface area contributed by atoms with Crippen molar-refractivity contribution < 1.29 is 14.2 Å². The summed E-state index contributed by atoms with van der Waals surface area (Å²) in [5, 5.41) is 0. The van der Waals surface area contributed by atoms with E-state index < -0.39 is 0 Å². The number of ether oxygens (including phenoxy) is 3. The summed E-state index contributed by atoms with van der Waals surface area (Å²) in [6.45, 7) is 24.3. The van der Waals surface area contributed by atoms with Gasteiger partial charge in [-0.15, -0.1) is 0 Å². The Morgan fingerprint density at radius 1 is 0.581 bits per heavy atom. The summed E-state index contributed by atoms with van der Waals surface area (Å²) in [7, 11) is 0. The molecule has 0 saturated heterocycles. The van der Waals surface area contributed by atoms with Gasteiger partial charge in [-0.25, -0.2) is 0 Å². The Bertz CT molecular complexity index is 774. The minimum Gasteiger partial charge on any atom is -0.493 e. The van der Waals surface area contributed by atoms with Gasteiger partial charge in [-0.3, -0.25) is 0 Å². The molecule has 0 atom stereocenters. The minimum absolute atomic E-state index is 0.0823. The molecule has 0 bridgehead atoms. The number of aryl methyl sites for hydroxylation is 4. The average molecular weight is 427 g/mol. The van der Waals surface area contributed by atoms with Crippen LogP contribution in [0.4, 0.5) is 0 Å². The molecule has 0 aliphatic rings. The van der Waals surface area contributed by atoms with Crippen LogP contribution in [0.2, 0.25) is 0 Å². The predicted octanol–water partition coefficient (Wildman–Crippen LogP) is 6.99. The Morgan fingerprint density at radius 3 is 1.13 bits per heavy atom. The van der Waals surface area contributed by atoms with E-state index in [0.717, 1.165) is 11.5 Å². The van der Waals surface area contributed by atoms with Gasteiger partial charge in [-0.1, -0.05) is 52.0 Å². The molecule has 3 heteroatoms. The van der Waals surface area contributed by atoms with Gasteiger partial charge in [0.2, 0.25) is 0 Å². The van der Waals surface area contributed by atoms with Crippen molar-refractivity contribution in [3.63, 3.8) is 0 Å². The summed E-state index contributed by atoms with van der Waals surface area (Å²) in [6, 6.07) is 8.97. The van der Waals surface area contributed by atoms with Crippen LogP contribution >= 0.6 is 0 Å². The molecule has 0 amide bonds. The van der Waals surface area contributed by atoms with Crippen molar-refractivity contribution >= 4 is 0 Å².